The van der Waals surface area contributed by atoms with Crippen LogP contribution < -0.4 is 0 Å². The van der Waals surface area contributed by atoms with Crippen LogP contribution in [-0.2, 0) is 4.74 Å². The third kappa shape index (κ3) is 2.86. The van der Waals surface area contributed by atoms with Gasteiger partial charge in [-0.15, -0.1) is 0 Å². The molecule has 0 spiro atoms. The van der Waals surface area contributed by atoms with Crippen LogP contribution in [-0.4, -0.2) is 35.5 Å². The largest absolute Gasteiger partial charge is 0.450 e. The number of halogens is 1. The maximum Gasteiger partial charge on any atom is 0.409 e. The van der Waals surface area contributed by atoms with Crippen molar-refractivity contribution in [2.45, 2.75) is 25.1 Å². The summed E-state index contributed by atoms with van der Waals surface area (Å²) in [5, 5.41) is 0. The van der Waals surface area contributed by atoms with Gasteiger partial charge in [0.15, 0.2) is 0 Å². The number of nitrogens with zero attached hydrogens (tertiary/aromatic N) is 1. The normalized spacial score (nSPS) is 28.7. The van der Waals surface area contributed by atoms with Gasteiger partial charge in [-0.3, -0.25) is 0 Å². The third-order valence-electron chi connectivity index (χ3n) is 2.33. The molecule has 0 aromatic carbocycles. The molecular formula is C9H16BrNO2. The lowest BCUT2D eigenvalue weighted by atomic mass is 10.0. The first-order valence-corrected chi connectivity index (χ1v) is 5.62. The number of likely N-dealkylation sites (tertiary alicyclic amines) is 1. The number of piperidine rings is 1. The zero-order chi connectivity index (χ0) is 9.84. The molecule has 4 heteroatoms. The fourth-order valence-electron chi connectivity index (χ4n) is 1.50. The molecule has 1 fully saturated rings. The molecule has 1 heterocycles. The maximum absolute atomic E-state index is 11.3. The molecule has 0 radical (unpaired) electrons. The molecule has 1 aliphatic heterocycles. The van der Waals surface area contributed by atoms with E-state index in [1.54, 1.807) is 4.90 Å². The number of amides is 1. The van der Waals surface area contributed by atoms with Gasteiger partial charge < -0.3 is 9.64 Å². The summed E-state index contributed by atoms with van der Waals surface area (Å²) < 4.78 is 4.94. The van der Waals surface area contributed by atoms with Crippen LogP contribution >= 0.6 is 15.9 Å². The second-order valence-corrected chi connectivity index (χ2v) is 4.60. The predicted octanol–water partition coefficient (Wildman–Crippen LogP) is 2.25. The fraction of sp³-hybridized carbons (Fsp3) is 0.889. The highest BCUT2D eigenvalue weighted by Gasteiger charge is 2.27. The lowest BCUT2D eigenvalue weighted by Crippen LogP contribution is -2.43. The summed E-state index contributed by atoms with van der Waals surface area (Å²) in [6, 6.07) is 0. The van der Waals surface area contributed by atoms with Crippen LogP contribution in [0.3, 0.4) is 0 Å². The molecule has 0 aliphatic carbocycles. The minimum Gasteiger partial charge on any atom is -0.450 e. The van der Waals surface area contributed by atoms with Crippen LogP contribution in [0, 0.1) is 5.92 Å². The van der Waals surface area contributed by atoms with Gasteiger partial charge in [-0.05, 0) is 19.3 Å². The average molecular weight is 250 g/mol. The van der Waals surface area contributed by atoms with Gasteiger partial charge >= 0.3 is 6.09 Å². The molecule has 0 bridgehead atoms. The van der Waals surface area contributed by atoms with Crippen molar-refractivity contribution in [2.24, 2.45) is 5.92 Å². The molecule has 1 aliphatic rings. The predicted molar refractivity (Wildman–Crippen MR) is 55.1 cm³/mol. The van der Waals surface area contributed by atoms with Crippen LogP contribution in [0.4, 0.5) is 4.79 Å². The summed E-state index contributed by atoms with van der Waals surface area (Å²) in [4.78, 5) is 13.7. The van der Waals surface area contributed by atoms with E-state index >= 15 is 0 Å². The second-order valence-electron chi connectivity index (χ2n) is 3.43. The highest BCUT2D eigenvalue weighted by atomic mass is 79.9. The lowest BCUT2D eigenvalue weighted by Gasteiger charge is -2.33. The molecule has 2 atom stereocenters. The van der Waals surface area contributed by atoms with E-state index in [-0.39, 0.29) is 6.09 Å². The first-order chi connectivity index (χ1) is 6.15. The van der Waals surface area contributed by atoms with Gasteiger partial charge in [-0.2, -0.15) is 0 Å². The Hall–Kier alpha value is -0.250. The number of rotatable bonds is 1. The molecule has 1 amide bonds. The first-order valence-electron chi connectivity index (χ1n) is 4.71. The molecule has 1 rings (SSSR count). The molecule has 13 heavy (non-hydrogen) atoms. The Kier molecular flexibility index (Phi) is 4.03. The number of carbonyl (C=O) groups is 1. The molecular weight excluding hydrogens is 234 g/mol. The Morgan fingerprint density at radius 1 is 1.69 bits per heavy atom. The van der Waals surface area contributed by atoms with Crippen molar-refractivity contribution in [1.82, 2.24) is 4.90 Å². The van der Waals surface area contributed by atoms with E-state index in [0.29, 0.717) is 17.4 Å². The van der Waals surface area contributed by atoms with Crippen molar-refractivity contribution in [2.75, 3.05) is 19.7 Å². The van der Waals surface area contributed by atoms with Crippen molar-refractivity contribution in [3.05, 3.63) is 0 Å². The molecule has 0 aromatic rings. The van der Waals surface area contributed by atoms with E-state index in [9.17, 15) is 4.79 Å². The minimum absolute atomic E-state index is 0.172. The van der Waals surface area contributed by atoms with Crippen LogP contribution in [0.25, 0.3) is 0 Å². The first kappa shape index (κ1) is 10.8. The highest BCUT2D eigenvalue weighted by Crippen LogP contribution is 2.23. The molecule has 0 unspecified atom stereocenters. The van der Waals surface area contributed by atoms with Crippen LogP contribution in [0.5, 0.6) is 0 Å². The summed E-state index contributed by atoms with van der Waals surface area (Å²) in [6.45, 7) is 6.04. The van der Waals surface area contributed by atoms with Crippen LogP contribution in [0.15, 0.2) is 0 Å². The van der Waals surface area contributed by atoms with Gasteiger partial charge in [0.25, 0.3) is 0 Å². The van der Waals surface area contributed by atoms with Crippen molar-refractivity contribution >= 4 is 22.0 Å². The fourth-order valence-corrected chi connectivity index (χ4v) is 1.87. The number of hydrogen-bond acceptors (Lipinski definition) is 2. The van der Waals surface area contributed by atoms with Crippen molar-refractivity contribution < 1.29 is 9.53 Å². The summed E-state index contributed by atoms with van der Waals surface area (Å²) >= 11 is 3.59. The Morgan fingerprint density at radius 2 is 2.38 bits per heavy atom. The number of hydrogen-bond donors (Lipinski definition) is 0. The zero-order valence-electron chi connectivity index (χ0n) is 8.12. The van der Waals surface area contributed by atoms with E-state index in [4.69, 9.17) is 4.74 Å². The molecule has 0 saturated carbocycles. The Balaban J connectivity index is 2.40. The smallest absolute Gasteiger partial charge is 0.409 e. The average Bonchev–Trinajstić information content (AvgIpc) is 2.10. The Bertz CT molecular complexity index is 186. The van der Waals surface area contributed by atoms with Crippen molar-refractivity contribution in [3.8, 4) is 0 Å². The maximum atomic E-state index is 11.3. The van der Waals surface area contributed by atoms with Gasteiger partial charge in [-0.25, -0.2) is 4.79 Å². The molecule has 0 aromatic heterocycles. The monoisotopic (exact) mass is 249 g/mol. The van der Waals surface area contributed by atoms with Gasteiger partial charge in [-0.1, -0.05) is 22.9 Å². The van der Waals surface area contributed by atoms with E-state index in [0.717, 1.165) is 19.5 Å². The standard InChI is InChI=1S/C9H16BrNO2/c1-3-13-9(12)11-5-4-8(10)7(2)6-11/h7-8H,3-6H2,1-2H3/t7-,8-/m0/s1. The minimum atomic E-state index is -0.172. The molecule has 0 N–H and O–H groups in total. The van der Waals surface area contributed by atoms with Gasteiger partial charge in [0.2, 0.25) is 0 Å². The third-order valence-corrected chi connectivity index (χ3v) is 3.69. The number of ether oxygens (including phenoxy) is 1. The summed E-state index contributed by atoms with van der Waals surface area (Å²) in [6.07, 6.45) is 0.841. The summed E-state index contributed by atoms with van der Waals surface area (Å²) in [7, 11) is 0. The summed E-state index contributed by atoms with van der Waals surface area (Å²) in [5.41, 5.74) is 0. The van der Waals surface area contributed by atoms with Gasteiger partial charge in [0.05, 0.1) is 6.61 Å². The molecule has 3 nitrogen and oxygen atoms in total. The SMILES string of the molecule is CCOC(=O)N1CC[C@H](Br)[C@@H](C)C1. The quantitative estimate of drug-likeness (QED) is 0.668. The van der Waals surface area contributed by atoms with E-state index in [1.165, 1.54) is 0 Å². The second kappa shape index (κ2) is 4.84. The highest BCUT2D eigenvalue weighted by molar-refractivity contribution is 9.09. The van der Waals surface area contributed by atoms with E-state index in [1.807, 2.05) is 6.92 Å². The van der Waals surface area contributed by atoms with Gasteiger partial charge in [0, 0.05) is 17.9 Å². The van der Waals surface area contributed by atoms with Crippen LogP contribution in [0.1, 0.15) is 20.3 Å². The van der Waals surface area contributed by atoms with Crippen molar-refractivity contribution in [1.29, 1.82) is 0 Å². The van der Waals surface area contributed by atoms with E-state index in [2.05, 4.69) is 22.9 Å². The molecule has 76 valence electrons. The summed E-state index contributed by atoms with van der Waals surface area (Å²) in [5.74, 6) is 0.512. The topological polar surface area (TPSA) is 29.5 Å². The Morgan fingerprint density at radius 3 is 2.92 bits per heavy atom. The molecule has 1 saturated heterocycles. The zero-order valence-corrected chi connectivity index (χ0v) is 9.71. The lowest BCUT2D eigenvalue weighted by molar-refractivity contribution is 0.0921. The van der Waals surface area contributed by atoms with Gasteiger partial charge in [0.1, 0.15) is 0 Å². The number of carbonyl (C=O) groups excluding carboxylic acids is 1. The van der Waals surface area contributed by atoms with Crippen molar-refractivity contribution in [3.63, 3.8) is 0 Å². The number of alkyl halides is 1. The van der Waals surface area contributed by atoms with Crippen LogP contribution in [0.2, 0.25) is 0 Å². The Labute approximate surface area is 87.6 Å². The van der Waals surface area contributed by atoms with E-state index < -0.39 is 0 Å².